The molecule has 1 amide bonds. The van der Waals surface area contributed by atoms with E-state index in [9.17, 15) is 9.59 Å². The number of hydrogen-bond donors (Lipinski definition) is 2. The maximum Gasteiger partial charge on any atom is 0.252 e. The van der Waals surface area contributed by atoms with Crippen LogP contribution in [-0.2, 0) is 4.79 Å². The number of hydrogen-bond acceptors (Lipinski definition) is 6. The molecule has 2 aromatic heterocycles. The molecule has 0 atom stereocenters. The summed E-state index contributed by atoms with van der Waals surface area (Å²) in [6.07, 6.45) is 5.55. The zero-order valence-electron chi connectivity index (χ0n) is 14.6. The van der Waals surface area contributed by atoms with Gasteiger partial charge < -0.3 is 15.8 Å². The highest BCUT2D eigenvalue weighted by atomic mass is 16.5. The Morgan fingerprint density at radius 3 is 3.00 bits per heavy atom. The Balaban J connectivity index is 1.83. The number of amides is 1. The van der Waals surface area contributed by atoms with Gasteiger partial charge in [-0.05, 0) is 36.6 Å². The number of aromatic nitrogens is 3. The fourth-order valence-corrected chi connectivity index (χ4v) is 3.08. The van der Waals surface area contributed by atoms with Crippen molar-refractivity contribution in [2.45, 2.75) is 19.3 Å². The van der Waals surface area contributed by atoms with Crippen molar-refractivity contribution < 1.29 is 14.3 Å². The van der Waals surface area contributed by atoms with Gasteiger partial charge in [-0.2, -0.15) is 5.10 Å². The van der Waals surface area contributed by atoms with E-state index in [4.69, 9.17) is 10.5 Å². The molecule has 0 saturated carbocycles. The molecule has 3 N–H and O–H groups in total. The van der Waals surface area contributed by atoms with E-state index in [1.165, 1.54) is 0 Å². The van der Waals surface area contributed by atoms with E-state index in [-0.39, 0.29) is 23.7 Å². The third kappa shape index (κ3) is 3.46. The summed E-state index contributed by atoms with van der Waals surface area (Å²) in [7, 11) is 0. The van der Waals surface area contributed by atoms with E-state index < -0.39 is 5.91 Å². The molecule has 138 valence electrons. The molecule has 1 aromatic carbocycles. The van der Waals surface area contributed by atoms with Crippen LogP contribution in [0, 0.1) is 0 Å². The van der Waals surface area contributed by atoms with Crippen LogP contribution in [-0.4, -0.2) is 39.4 Å². The topological polar surface area (TPSA) is 112 Å². The molecule has 8 heteroatoms. The minimum Gasteiger partial charge on any atom is -0.485 e. The number of benzene rings is 1. The van der Waals surface area contributed by atoms with E-state index in [0.29, 0.717) is 12.1 Å². The summed E-state index contributed by atoms with van der Waals surface area (Å²) in [5, 5.41) is 7.61. The van der Waals surface area contributed by atoms with Crippen LogP contribution in [0.25, 0.3) is 16.8 Å². The summed E-state index contributed by atoms with van der Waals surface area (Å²) in [6, 6.07) is 6.93. The number of primary amides is 1. The number of nitrogens with two attached hydrogens (primary N) is 1. The van der Waals surface area contributed by atoms with E-state index in [1.54, 1.807) is 28.9 Å². The molecule has 4 rings (SSSR count). The van der Waals surface area contributed by atoms with Gasteiger partial charge in [-0.25, -0.2) is 9.50 Å². The quantitative estimate of drug-likeness (QED) is 0.682. The van der Waals surface area contributed by atoms with Crippen molar-refractivity contribution in [2.75, 3.05) is 18.5 Å². The van der Waals surface area contributed by atoms with Crippen molar-refractivity contribution >= 4 is 23.2 Å². The summed E-state index contributed by atoms with van der Waals surface area (Å²) in [5.41, 5.74) is 7.94. The molecule has 4 bridgehead atoms. The minimum atomic E-state index is -0.605. The van der Waals surface area contributed by atoms with Crippen LogP contribution in [0.15, 0.2) is 36.7 Å². The van der Waals surface area contributed by atoms with Crippen LogP contribution in [0.3, 0.4) is 0 Å². The first-order valence-electron chi connectivity index (χ1n) is 8.79. The van der Waals surface area contributed by atoms with Crippen molar-refractivity contribution in [2.24, 2.45) is 5.73 Å². The van der Waals surface area contributed by atoms with Crippen LogP contribution in [0.2, 0.25) is 0 Å². The van der Waals surface area contributed by atoms with Gasteiger partial charge in [0, 0.05) is 24.7 Å². The Labute approximate surface area is 155 Å². The Bertz CT molecular complexity index is 1030. The minimum absolute atomic E-state index is 0.0164. The third-order valence-corrected chi connectivity index (χ3v) is 4.50. The molecular weight excluding hydrogens is 346 g/mol. The molecule has 0 radical (unpaired) electrons. The van der Waals surface area contributed by atoms with Gasteiger partial charge in [-0.15, -0.1) is 0 Å². The number of Topliss-reactive ketones (excluding diaryl/α,β-unsaturated/α-hetero) is 1. The van der Waals surface area contributed by atoms with Crippen molar-refractivity contribution in [3.63, 3.8) is 0 Å². The number of carbonyl (C=O) groups is 2. The second kappa shape index (κ2) is 7.06. The Morgan fingerprint density at radius 1 is 1.26 bits per heavy atom. The number of nitrogens with one attached hydrogen (secondary N) is 1. The molecule has 27 heavy (non-hydrogen) atoms. The first-order chi connectivity index (χ1) is 13.1. The standard InChI is InChI=1S/C19H19N5O3/c20-18(26)14-5-4-12-9-16(14)27-11-13(25)3-1-2-7-21-17-6-8-24-19(23-17)15(12)10-22-24/h4-6,8-10H,1-3,7,11H2,(H2,20,26)(H,21,23). The highest BCUT2D eigenvalue weighted by Gasteiger charge is 2.16. The smallest absolute Gasteiger partial charge is 0.252 e. The average molecular weight is 365 g/mol. The largest absolute Gasteiger partial charge is 0.485 e. The molecule has 0 aliphatic carbocycles. The second-order valence-electron chi connectivity index (χ2n) is 6.43. The van der Waals surface area contributed by atoms with Gasteiger partial charge >= 0.3 is 0 Å². The van der Waals surface area contributed by atoms with Gasteiger partial charge in [-0.1, -0.05) is 6.07 Å². The van der Waals surface area contributed by atoms with E-state index >= 15 is 0 Å². The van der Waals surface area contributed by atoms with Gasteiger partial charge in [-0.3, -0.25) is 9.59 Å². The fraction of sp³-hybridized carbons (Fsp3) is 0.263. The highest BCUT2D eigenvalue weighted by Crippen LogP contribution is 2.30. The van der Waals surface area contributed by atoms with Crippen LogP contribution in [0.5, 0.6) is 5.75 Å². The van der Waals surface area contributed by atoms with Crippen LogP contribution >= 0.6 is 0 Å². The summed E-state index contributed by atoms with van der Waals surface area (Å²) in [4.78, 5) is 28.4. The maximum atomic E-state index is 12.1. The normalized spacial score (nSPS) is 14.9. The number of carbonyl (C=O) groups excluding carboxylic acids is 2. The van der Waals surface area contributed by atoms with Crippen LogP contribution in [0.1, 0.15) is 29.6 Å². The molecule has 8 nitrogen and oxygen atoms in total. The van der Waals surface area contributed by atoms with Crippen molar-refractivity contribution in [1.82, 2.24) is 14.6 Å². The van der Waals surface area contributed by atoms with Gasteiger partial charge in [0.1, 0.15) is 18.2 Å². The van der Waals surface area contributed by atoms with Crippen LogP contribution < -0.4 is 15.8 Å². The summed E-state index contributed by atoms with van der Waals surface area (Å²) in [5.74, 6) is 0.413. The first-order valence-corrected chi connectivity index (χ1v) is 8.79. The van der Waals surface area contributed by atoms with Crippen molar-refractivity contribution in [1.29, 1.82) is 0 Å². The fourth-order valence-electron chi connectivity index (χ4n) is 3.08. The number of ketones is 1. The lowest BCUT2D eigenvalue weighted by atomic mass is 10.0. The predicted molar refractivity (Wildman–Crippen MR) is 99.8 cm³/mol. The molecule has 3 aromatic rings. The molecule has 0 unspecified atom stereocenters. The van der Waals surface area contributed by atoms with Gasteiger partial charge in [0.05, 0.1) is 11.8 Å². The molecular formula is C19H19N5O3. The SMILES string of the molecule is NC(=O)c1ccc2cc1OCC(=O)CCCCNc1ccn3ncc-2c3n1. The van der Waals surface area contributed by atoms with E-state index in [1.807, 2.05) is 12.3 Å². The predicted octanol–water partition coefficient (Wildman–Crippen LogP) is 2.04. The lowest BCUT2D eigenvalue weighted by molar-refractivity contribution is -0.121. The Hall–Kier alpha value is -3.42. The molecule has 3 heterocycles. The summed E-state index contributed by atoms with van der Waals surface area (Å²) < 4.78 is 7.33. The number of fused-ring (bicyclic) bond motifs is 4. The maximum absolute atomic E-state index is 12.1. The molecule has 1 aliphatic heterocycles. The monoisotopic (exact) mass is 365 g/mol. The van der Waals surface area contributed by atoms with E-state index in [0.717, 1.165) is 36.3 Å². The van der Waals surface area contributed by atoms with Crippen molar-refractivity contribution in [3.05, 3.63) is 42.2 Å². The average Bonchev–Trinajstić information content (AvgIpc) is 3.08. The lowest BCUT2D eigenvalue weighted by Gasteiger charge is -2.11. The second-order valence-corrected chi connectivity index (χ2v) is 6.43. The van der Waals surface area contributed by atoms with E-state index in [2.05, 4.69) is 15.4 Å². The van der Waals surface area contributed by atoms with Crippen LogP contribution in [0.4, 0.5) is 5.82 Å². The van der Waals surface area contributed by atoms with Gasteiger partial charge in [0.15, 0.2) is 11.4 Å². The third-order valence-electron chi connectivity index (χ3n) is 4.50. The molecule has 0 spiro atoms. The zero-order chi connectivity index (χ0) is 18.8. The number of ether oxygens (including phenoxy) is 1. The summed E-state index contributed by atoms with van der Waals surface area (Å²) in [6.45, 7) is 0.632. The van der Waals surface area contributed by atoms with Crippen molar-refractivity contribution in [3.8, 4) is 16.9 Å². The number of nitrogens with zero attached hydrogens (tertiary/aromatic N) is 3. The lowest BCUT2D eigenvalue weighted by Crippen LogP contribution is -2.16. The Kier molecular flexibility index (Phi) is 4.45. The molecule has 0 fully saturated rings. The summed E-state index contributed by atoms with van der Waals surface area (Å²) >= 11 is 0. The molecule has 1 aliphatic rings. The van der Waals surface area contributed by atoms with Gasteiger partial charge in [0.2, 0.25) is 0 Å². The first kappa shape index (κ1) is 17.0. The Morgan fingerprint density at radius 2 is 2.15 bits per heavy atom. The molecule has 0 saturated heterocycles. The van der Waals surface area contributed by atoms with Gasteiger partial charge in [0.25, 0.3) is 5.91 Å². The number of rotatable bonds is 1. The zero-order valence-corrected chi connectivity index (χ0v) is 14.6. The highest BCUT2D eigenvalue weighted by molar-refractivity contribution is 5.97. The number of anilines is 1.